The first-order valence-electron chi connectivity index (χ1n) is 11.3. The molecule has 0 aliphatic carbocycles. The number of methoxy groups -OCH3 is 2. The molecular weight excluding hydrogens is 456 g/mol. The number of amides is 1. The van der Waals surface area contributed by atoms with Gasteiger partial charge in [0.25, 0.3) is 5.91 Å². The minimum absolute atomic E-state index is 0.0569. The highest BCUT2D eigenvalue weighted by atomic mass is 32.2. The van der Waals surface area contributed by atoms with Crippen LogP contribution in [0.2, 0.25) is 0 Å². The van der Waals surface area contributed by atoms with Crippen LogP contribution in [0.4, 0.5) is 0 Å². The van der Waals surface area contributed by atoms with E-state index in [4.69, 9.17) is 14.2 Å². The Morgan fingerprint density at radius 3 is 2.53 bits per heavy atom. The van der Waals surface area contributed by atoms with Gasteiger partial charge in [0.05, 0.1) is 20.3 Å². The van der Waals surface area contributed by atoms with Crippen LogP contribution in [0, 0.1) is 0 Å². The third-order valence-electron chi connectivity index (χ3n) is 5.38. The van der Waals surface area contributed by atoms with Crippen LogP contribution in [0.15, 0.2) is 47.4 Å². The first-order chi connectivity index (χ1) is 16.0. The number of sulfonamides is 1. The lowest BCUT2D eigenvalue weighted by Gasteiger charge is -2.26. The molecule has 1 unspecified atom stereocenters. The molecule has 2 aromatic carbocycles. The fourth-order valence-corrected chi connectivity index (χ4v) is 5.52. The third-order valence-corrected chi connectivity index (χ3v) is 7.16. The summed E-state index contributed by atoms with van der Waals surface area (Å²) >= 11 is 0. The lowest BCUT2D eigenvalue weighted by molar-refractivity contribution is 0.0507. The Balaban J connectivity index is 1.96. The van der Waals surface area contributed by atoms with Crippen molar-refractivity contribution in [2.45, 2.75) is 56.7 Å². The van der Waals surface area contributed by atoms with Gasteiger partial charge in [0.2, 0.25) is 10.0 Å². The van der Waals surface area contributed by atoms with E-state index in [2.05, 4.69) is 4.72 Å². The van der Waals surface area contributed by atoms with Crippen molar-refractivity contribution in [2.75, 3.05) is 27.4 Å². The number of rotatable bonds is 9. The molecule has 9 heteroatoms. The average molecular weight is 491 g/mol. The van der Waals surface area contributed by atoms with Crippen molar-refractivity contribution in [2.24, 2.45) is 0 Å². The first kappa shape index (κ1) is 26.0. The van der Waals surface area contributed by atoms with Crippen molar-refractivity contribution in [3.8, 4) is 11.5 Å². The summed E-state index contributed by atoms with van der Waals surface area (Å²) in [4.78, 5) is 15.3. The van der Waals surface area contributed by atoms with Gasteiger partial charge < -0.3 is 19.1 Å². The molecule has 186 valence electrons. The maximum absolute atomic E-state index is 13.6. The molecule has 1 heterocycles. The van der Waals surface area contributed by atoms with Gasteiger partial charge in [-0.3, -0.25) is 4.79 Å². The number of hydrogen-bond donors (Lipinski definition) is 1. The summed E-state index contributed by atoms with van der Waals surface area (Å²) in [5.74, 6) is 0.591. The van der Waals surface area contributed by atoms with Crippen LogP contribution in [0.25, 0.3) is 0 Å². The van der Waals surface area contributed by atoms with E-state index in [0.717, 1.165) is 18.4 Å². The first-order valence-corrected chi connectivity index (χ1v) is 12.8. The molecule has 3 rings (SSSR count). The van der Waals surface area contributed by atoms with Gasteiger partial charge in [-0.2, -0.15) is 0 Å². The molecular formula is C25H34N2O6S. The number of nitrogens with zero attached hydrogens (tertiary/aromatic N) is 1. The number of ether oxygens (including phenoxy) is 3. The van der Waals surface area contributed by atoms with Gasteiger partial charge >= 0.3 is 0 Å². The molecule has 1 fully saturated rings. The molecule has 0 aromatic heterocycles. The second-order valence-electron chi connectivity index (χ2n) is 9.39. The van der Waals surface area contributed by atoms with E-state index in [1.165, 1.54) is 19.2 Å². The summed E-state index contributed by atoms with van der Waals surface area (Å²) in [6, 6.07) is 12.0. The minimum atomic E-state index is -3.92. The smallest absolute Gasteiger partial charge is 0.254 e. The normalized spacial score (nSPS) is 16.3. The zero-order chi connectivity index (χ0) is 24.9. The number of nitrogens with one attached hydrogen (secondary N) is 1. The van der Waals surface area contributed by atoms with Crippen LogP contribution in [0.5, 0.6) is 11.5 Å². The van der Waals surface area contributed by atoms with Gasteiger partial charge in [-0.05, 0) is 69.5 Å². The van der Waals surface area contributed by atoms with E-state index in [9.17, 15) is 13.2 Å². The molecule has 1 atom stereocenters. The molecule has 1 aliphatic heterocycles. The Morgan fingerprint density at radius 1 is 1.15 bits per heavy atom. The van der Waals surface area contributed by atoms with E-state index < -0.39 is 15.6 Å². The number of benzene rings is 2. The molecule has 0 radical (unpaired) electrons. The molecule has 1 saturated heterocycles. The summed E-state index contributed by atoms with van der Waals surface area (Å²) in [5, 5.41) is 0. The molecule has 0 saturated carbocycles. The van der Waals surface area contributed by atoms with Gasteiger partial charge in [-0.25, -0.2) is 13.1 Å². The standard InChI is InChI=1S/C25H34N2O6S/c1-25(2,3)26-34(29,30)23-15-19(11-12-22(23)32-5)24(28)27(17-21-10-7-13-33-21)16-18-8-6-9-20(14-18)31-4/h6,8-9,11-12,14-15,21,26H,7,10,13,16-17H2,1-5H3. The molecule has 1 aliphatic rings. The van der Waals surface area contributed by atoms with Gasteiger partial charge in [-0.1, -0.05) is 12.1 Å². The summed E-state index contributed by atoms with van der Waals surface area (Å²) in [5.41, 5.74) is 0.472. The minimum Gasteiger partial charge on any atom is -0.497 e. The fraction of sp³-hybridized carbons (Fsp3) is 0.480. The van der Waals surface area contributed by atoms with Crippen molar-refractivity contribution in [3.63, 3.8) is 0 Å². The molecule has 8 nitrogen and oxygen atoms in total. The highest BCUT2D eigenvalue weighted by Crippen LogP contribution is 2.27. The monoisotopic (exact) mass is 490 g/mol. The largest absolute Gasteiger partial charge is 0.497 e. The van der Waals surface area contributed by atoms with Gasteiger partial charge in [0.15, 0.2) is 0 Å². The Labute approximate surface area is 202 Å². The predicted molar refractivity (Wildman–Crippen MR) is 130 cm³/mol. The zero-order valence-electron chi connectivity index (χ0n) is 20.5. The van der Waals surface area contributed by atoms with Crippen LogP contribution in [-0.2, 0) is 21.3 Å². The van der Waals surface area contributed by atoms with Crippen molar-refractivity contribution < 1.29 is 27.4 Å². The summed E-state index contributed by atoms with van der Waals surface area (Å²) in [7, 11) is -0.921. The lowest BCUT2D eigenvalue weighted by atomic mass is 10.1. The van der Waals surface area contributed by atoms with E-state index in [0.29, 0.717) is 25.4 Å². The molecule has 0 spiro atoms. The topological polar surface area (TPSA) is 94.2 Å². The molecule has 34 heavy (non-hydrogen) atoms. The molecule has 1 amide bonds. The van der Waals surface area contributed by atoms with Gasteiger partial charge in [-0.15, -0.1) is 0 Å². The highest BCUT2D eigenvalue weighted by molar-refractivity contribution is 7.89. The average Bonchev–Trinajstić information content (AvgIpc) is 3.29. The molecule has 2 aromatic rings. The summed E-state index contributed by atoms with van der Waals surface area (Å²) in [6.07, 6.45) is 1.77. The maximum atomic E-state index is 13.6. The van der Waals surface area contributed by atoms with Gasteiger partial charge in [0, 0.05) is 30.8 Å². The zero-order valence-corrected chi connectivity index (χ0v) is 21.3. The van der Waals surface area contributed by atoms with Crippen LogP contribution in [0.1, 0.15) is 49.5 Å². The summed E-state index contributed by atoms with van der Waals surface area (Å²) in [6.45, 7) is 6.68. The second kappa shape index (κ2) is 10.8. The van der Waals surface area contributed by atoms with Crippen LogP contribution < -0.4 is 14.2 Å². The molecule has 0 bridgehead atoms. The van der Waals surface area contributed by atoms with Crippen molar-refractivity contribution in [1.29, 1.82) is 0 Å². The Bertz CT molecular complexity index is 1100. The Morgan fingerprint density at radius 2 is 1.91 bits per heavy atom. The van der Waals surface area contributed by atoms with E-state index in [1.54, 1.807) is 38.8 Å². The Kier molecular flexibility index (Phi) is 8.22. The van der Waals surface area contributed by atoms with Crippen molar-refractivity contribution >= 4 is 15.9 Å². The highest BCUT2D eigenvalue weighted by Gasteiger charge is 2.29. The van der Waals surface area contributed by atoms with Crippen LogP contribution in [0.3, 0.4) is 0 Å². The SMILES string of the molecule is COc1cccc(CN(CC2CCCO2)C(=O)c2ccc(OC)c(S(=O)(=O)NC(C)(C)C)c2)c1. The Hall–Kier alpha value is -2.62. The van der Waals surface area contributed by atoms with Crippen molar-refractivity contribution in [1.82, 2.24) is 9.62 Å². The quantitative estimate of drug-likeness (QED) is 0.577. The molecule has 1 N–H and O–H groups in total. The maximum Gasteiger partial charge on any atom is 0.254 e. The van der Waals surface area contributed by atoms with Crippen LogP contribution >= 0.6 is 0 Å². The number of hydrogen-bond acceptors (Lipinski definition) is 6. The second-order valence-corrected chi connectivity index (χ2v) is 11.0. The lowest BCUT2D eigenvalue weighted by Crippen LogP contribution is -2.41. The van der Waals surface area contributed by atoms with Gasteiger partial charge in [0.1, 0.15) is 16.4 Å². The van der Waals surface area contributed by atoms with E-state index >= 15 is 0 Å². The predicted octanol–water partition coefficient (Wildman–Crippen LogP) is 3.60. The third kappa shape index (κ3) is 6.71. The number of carbonyl (C=O) groups is 1. The summed E-state index contributed by atoms with van der Waals surface area (Å²) < 4.78 is 45.1. The number of carbonyl (C=O) groups excluding carboxylic acids is 1. The van der Waals surface area contributed by atoms with E-state index in [1.807, 2.05) is 24.3 Å². The fourth-order valence-electron chi connectivity index (χ4n) is 3.90. The van der Waals surface area contributed by atoms with Crippen molar-refractivity contribution in [3.05, 3.63) is 53.6 Å². The van der Waals surface area contributed by atoms with Crippen LogP contribution in [-0.4, -0.2) is 58.2 Å². The van der Waals surface area contributed by atoms with E-state index in [-0.39, 0.29) is 28.2 Å².